The molecule has 122 valence electrons. The molecule has 0 saturated carbocycles. The number of carbonyl (C=O) groups is 1. The molecule has 5 heteroatoms. The number of carbonyl (C=O) groups excluding carboxylic acids is 1. The van der Waals surface area contributed by atoms with Crippen LogP contribution < -0.4 is 0 Å². The minimum Gasteiger partial charge on any atom is -0.437 e. The molecule has 1 aliphatic heterocycles. The van der Waals surface area contributed by atoms with E-state index in [2.05, 4.69) is 23.4 Å². The molecule has 4 rings (SSSR count). The zero-order chi connectivity index (χ0) is 16.5. The molecule has 0 N–H and O–H groups in total. The van der Waals surface area contributed by atoms with Gasteiger partial charge in [-0.1, -0.05) is 19.1 Å². The molecular weight excluding hydrogens is 320 g/mol. The van der Waals surface area contributed by atoms with E-state index in [-0.39, 0.29) is 11.9 Å². The van der Waals surface area contributed by atoms with Gasteiger partial charge in [-0.05, 0) is 42.0 Å². The maximum absolute atomic E-state index is 12.7. The van der Waals surface area contributed by atoms with E-state index < -0.39 is 0 Å². The first-order valence-electron chi connectivity index (χ1n) is 8.17. The first-order valence-corrected chi connectivity index (χ1v) is 9.04. The van der Waals surface area contributed by atoms with Gasteiger partial charge in [0.05, 0.1) is 6.04 Å². The maximum atomic E-state index is 12.7. The van der Waals surface area contributed by atoms with Gasteiger partial charge >= 0.3 is 0 Å². The summed E-state index contributed by atoms with van der Waals surface area (Å²) < 4.78 is 5.64. The SMILES string of the molecule is CCC1c2ccsc2CCN1C(=O)C=Cc1nc2ccccc2o1. The highest BCUT2D eigenvalue weighted by Gasteiger charge is 2.29. The molecule has 0 radical (unpaired) electrons. The van der Waals surface area contributed by atoms with Crippen molar-refractivity contribution in [2.45, 2.75) is 25.8 Å². The number of thiophene rings is 1. The van der Waals surface area contributed by atoms with E-state index >= 15 is 0 Å². The van der Waals surface area contributed by atoms with Crippen LogP contribution in [0, 0.1) is 0 Å². The Morgan fingerprint density at radius 3 is 3.12 bits per heavy atom. The number of nitrogens with zero attached hydrogens (tertiary/aromatic N) is 2. The van der Waals surface area contributed by atoms with Crippen LogP contribution in [0.3, 0.4) is 0 Å². The number of aromatic nitrogens is 1. The van der Waals surface area contributed by atoms with Gasteiger partial charge in [-0.2, -0.15) is 0 Å². The summed E-state index contributed by atoms with van der Waals surface area (Å²) in [6, 6.07) is 9.91. The van der Waals surface area contributed by atoms with Crippen molar-refractivity contribution in [2.75, 3.05) is 6.54 Å². The zero-order valence-corrected chi connectivity index (χ0v) is 14.3. The topological polar surface area (TPSA) is 46.3 Å². The fourth-order valence-electron chi connectivity index (χ4n) is 3.30. The van der Waals surface area contributed by atoms with Crippen molar-refractivity contribution in [3.05, 3.63) is 58.1 Å². The summed E-state index contributed by atoms with van der Waals surface area (Å²) in [5.74, 6) is 0.479. The van der Waals surface area contributed by atoms with E-state index in [1.54, 1.807) is 23.5 Å². The average molecular weight is 338 g/mol. The van der Waals surface area contributed by atoms with Crippen LogP contribution in [0.1, 0.15) is 35.7 Å². The highest BCUT2D eigenvalue weighted by atomic mass is 32.1. The van der Waals surface area contributed by atoms with Crippen molar-refractivity contribution >= 4 is 34.4 Å². The Balaban J connectivity index is 1.55. The van der Waals surface area contributed by atoms with Crippen LogP contribution in [-0.4, -0.2) is 22.3 Å². The Bertz CT molecular complexity index is 876. The first kappa shape index (κ1) is 15.1. The van der Waals surface area contributed by atoms with E-state index in [0.29, 0.717) is 5.89 Å². The van der Waals surface area contributed by atoms with Gasteiger partial charge in [0.1, 0.15) is 5.52 Å². The zero-order valence-electron chi connectivity index (χ0n) is 13.4. The highest BCUT2D eigenvalue weighted by molar-refractivity contribution is 7.10. The van der Waals surface area contributed by atoms with Crippen LogP contribution in [0.2, 0.25) is 0 Å². The molecule has 0 aliphatic carbocycles. The fraction of sp³-hybridized carbons (Fsp3) is 0.263. The van der Waals surface area contributed by atoms with Crippen molar-refractivity contribution in [1.29, 1.82) is 0 Å². The predicted octanol–water partition coefficient (Wildman–Crippen LogP) is 4.44. The molecule has 0 saturated heterocycles. The lowest BCUT2D eigenvalue weighted by atomic mass is 9.98. The van der Waals surface area contributed by atoms with Crippen molar-refractivity contribution in [3.8, 4) is 0 Å². The summed E-state index contributed by atoms with van der Waals surface area (Å²) >= 11 is 1.79. The molecule has 1 aliphatic rings. The number of fused-ring (bicyclic) bond motifs is 2. The summed E-state index contributed by atoms with van der Waals surface area (Å²) in [5.41, 5.74) is 2.84. The van der Waals surface area contributed by atoms with Crippen LogP contribution >= 0.6 is 11.3 Å². The van der Waals surface area contributed by atoms with Gasteiger partial charge in [-0.25, -0.2) is 4.98 Å². The van der Waals surface area contributed by atoms with E-state index in [9.17, 15) is 4.79 Å². The molecular formula is C19H18N2O2S. The number of benzene rings is 1. The van der Waals surface area contributed by atoms with E-state index in [1.165, 1.54) is 10.4 Å². The van der Waals surface area contributed by atoms with Crippen LogP contribution in [0.15, 0.2) is 46.2 Å². The summed E-state index contributed by atoms with van der Waals surface area (Å²) in [4.78, 5) is 20.4. The van der Waals surface area contributed by atoms with Gasteiger partial charge < -0.3 is 9.32 Å². The molecule has 24 heavy (non-hydrogen) atoms. The van der Waals surface area contributed by atoms with E-state index in [1.807, 2.05) is 29.2 Å². The second kappa shape index (κ2) is 6.24. The monoisotopic (exact) mass is 338 g/mol. The molecule has 4 nitrogen and oxygen atoms in total. The van der Waals surface area contributed by atoms with Gasteiger partial charge in [0.15, 0.2) is 5.58 Å². The molecule has 1 atom stereocenters. The number of hydrogen-bond acceptors (Lipinski definition) is 4. The van der Waals surface area contributed by atoms with Gasteiger partial charge in [0.25, 0.3) is 0 Å². The Kier molecular flexibility index (Phi) is 3.94. The normalized spacial score (nSPS) is 17.5. The molecule has 1 amide bonds. The van der Waals surface area contributed by atoms with Crippen LogP contribution in [0.4, 0.5) is 0 Å². The summed E-state index contributed by atoms with van der Waals surface area (Å²) in [5, 5.41) is 2.12. The Morgan fingerprint density at radius 2 is 2.29 bits per heavy atom. The lowest BCUT2D eigenvalue weighted by Gasteiger charge is -2.34. The third-order valence-corrected chi connectivity index (χ3v) is 5.44. The predicted molar refractivity (Wildman–Crippen MR) is 95.8 cm³/mol. The molecule has 0 spiro atoms. The molecule has 1 aromatic carbocycles. The van der Waals surface area contributed by atoms with E-state index in [0.717, 1.165) is 30.5 Å². The highest BCUT2D eigenvalue weighted by Crippen LogP contribution is 2.35. The standard InChI is InChI=1S/C19H18N2O2S/c1-2-15-13-10-12-24-17(13)9-11-21(15)19(22)8-7-18-20-14-5-3-4-6-16(14)23-18/h3-8,10,12,15H,2,9,11H2,1H3. The van der Waals surface area contributed by atoms with Crippen LogP contribution in [-0.2, 0) is 11.2 Å². The molecule has 3 aromatic rings. The maximum Gasteiger partial charge on any atom is 0.247 e. The minimum absolute atomic E-state index is 0.0148. The molecule has 0 fully saturated rings. The lowest BCUT2D eigenvalue weighted by Crippen LogP contribution is -2.38. The number of amides is 1. The van der Waals surface area contributed by atoms with Crippen molar-refractivity contribution in [1.82, 2.24) is 9.88 Å². The minimum atomic E-state index is 0.0148. The van der Waals surface area contributed by atoms with Crippen LogP contribution in [0.5, 0.6) is 0 Å². The van der Waals surface area contributed by atoms with Gasteiger partial charge in [0, 0.05) is 23.6 Å². The molecule has 1 unspecified atom stereocenters. The fourth-order valence-corrected chi connectivity index (χ4v) is 4.23. The summed E-state index contributed by atoms with van der Waals surface area (Å²) in [6.45, 7) is 2.89. The third kappa shape index (κ3) is 2.65. The van der Waals surface area contributed by atoms with Crippen molar-refractivity contribution < 1.29 is 9.21 Å². The summed E-state index contributed by atoms with van der Waals surface area (Å²) in [6.07, 6.45) is 5.10. The van der Waals surface area contributed by atoms with Crippen molar-refractivity contribution in [3.63, 3.8) is 0 Å². The van der Waals surface area contributed by atoms with Gasteiger partial charge in [-0.15, -0.1) is 11.3 Å². The largest absolute Gasteiger partial charge is 0.437 e. The number of oxazole rings is 1. The van der Waals surface area contributed by atoms with Gasteiger partial charge in [-0.3, -0.25) is 4.79 Å². The lowest BCUT2D eigenvalue weighted by molar-refractivity contribution is -0.128. The summed E-state index contributed by atoms with van der Waals surface area (Å²) in [7, 11) is 0. The molecule has 2 aromatic heterocycles. The second-order valence-corrected chi connectivity index (χ2v) is 6.86. The Hall–Kier alpha value is -2.40. The smallest absolute Gasteiger partial charge is 0.247 e. The Labute approximate surface area is 144 Å². The Morgan fingerprint density at radius 1 is 1.42 bits per heavy atom. The average Bonchev–Trinajstić information content (AvgIpc) is 3.24. The number of para-hydroxylation sites is 2. The molecule has 0 bridgehead atoms. The first-order chi connectivity index (χ1) is 11.8. The molecule has 3 heterocycles. The van der Waals surface area contributed by atoms with Crippen molar-refractivity contribution in [2.24, 2.45) is 0 Å². The van der Waals surface area contributed by atoms with Gasteiger partial charge in [0.2, 0.25) is 11.8 Å². The second-order valence-electron chi connectivity index (χ2n) is 5.86. The number of hydrogen-bond donors (Lipinski definition) is 0. The quantitative estimate of drug-likeness (QED) is 0.663. The third-order valence-electron chi connectivity index (χ3n) is 4.44. The van der Waals surface area contributed by atoms with Crippen LogP contribution in [0.25, 0.3) is 17.2 Å². The number of rotatable bonds is 3. The van der Waals surface area contributed by atoms with E-state index in [4.69, 9.17) is 4.42 Å².